The summed E-state index contributed by atoms with van der Waals surface area (Å²) >= 11 is 0. The van der Waals surface area contributed by atoms with Crippen molar-refractivity contribution in [2.45, 2.75) is 17.9 Å². The zero-order valence-corrected chi connectivity index (χ0v) is 17.5. The first kappa shape index (κ1) is 20.6. The molecular formula is C22H25N3O4S. The molecule has 8 heteroatoms. The van der Waals surface area contributed by atoms with Crippen LogP contribution >= 0.6 is 0 Å². The Hall–Kier alpha value is -2.71. The average Bonchev–Trinajstić information content (AvgIpc) is 3.15. The first-order valence-electron chi connectivity index (χ1n) is 10.1. The summed E-state index contributed by atoms with van der Waals surface area (Å²) in [4.78, 5) is 29.0. The molecule has 4 rings (SSSR count). The van der Waals surface area contributed by atoms with Gasteiger partial charge in [0.25, 0.3) is 0 Å². The lowest BCUT2D eigenvalue weighted by molar-refractivity contribution is -0.137. The molecule has 2 fully saturated rings. The highest BCUT2D eigenvalue weighted by Crippen LogP contribution is 2.24. The maximum atomic E-state index is 12.9. The van der Waals surface area contributed by atoms with E-state index in [2.05, 4.69) is 0 Å². The van der Waals surface area contributed by atoms with E-state index >= 15 is 0 Å². The van der Waals surface area contributed by atoms with Crippen LogP contribution in [-0.2, 0) is 26.2 Å². The fraction of sp³-hybridized carbons (Fsp3) is 0.364. The molecule has 0 bridgehead atoms. The number of rotatable bonds is 5. The van der Waals surface area contributed by atoms with E-state index in [0.717, 1.165) is 5.56 Å². The average molecular weight is 428 g/mol. The number of carbonyl (C=O) groups excluding carboxylic acids is 2. The molecular weight excluding hydrogens is 402 g/mol. The summed E-state index contributed by atoms with van der Waals surface area (Å²) in [6.45, 7) is 2.12. The number of hydrogen-bond donors (Lipinski definition) is 0. The highest BCUT2D eigenvalue weighted by molar-refractivity contribution is 7.89. The summed E-state index contributed by atoms with van der Waals surface area (Å²) in [7, 11) is -3.55. The molecule has 0 N–H and O–H groups in total. The quantitative estimate of drug-likeness (QED) is 0.726. The molecule has 0 radical (unpaired) electrons. The van der Waals surface area contributed by atoms with Gasteiger partial charge in [0.05, 0.1) is 10.8 Å². The number of likely N-dealkylation sites (tertiary alicyclic amines) is 1. The van der Waals surface area contributed by atoms with Crippen LogP contribution in [0.1, 0.15) is 12.0 Å². The van der Waals surface area contributed by atoms with Crippen molar-refractivity contribution in [3.63, 3.8) is 0 Å². The van der Waals surface area contributed by atoms with Gasteiger partial charge in [0, 0.05) is 45.7 Å². The zero-order valence-electron chi connectivity index (χ0n) is 16.7. The van der Waals surface area contributed by atoms with E-state index in [1.807, 2.05) is 30.3 Å². The molecule has 2 aliphatic heterocycles. The second kappa shape index (κ2) is 8.57. The Morgan fingerprint density at radius 2 is 1.50 bits per heavy atom. The van der Waals surface area contributed by atoms with Crippen LogP contribution in [0.15, 0.2) is 65.6 Å². The van der Waals surface area contributed by atoms with Gasteiger partial charge in [0.1, 0.15) is 0 Å². The molecule has 0 spiro atoms. The van der Waals surface area contributed by atoms with Gasteiger partial charge in [-0.05, 0) is 17.7 Å². The molecule has 0 saturated carbocycles. The molecule has 158 valence electrons. The van der Waals surface area contributed by atoms with Crippen LogP contribution in [0.4, 0.5) is 0 Å². The number of nitrogens with zero attached hydrogens (tertiary/aromatic N) is 3. The van der Waals surface area contributed by atoms with Crippen LogP contribution in [0.25, 0.3) is 0 Å². The standard InChI is InChI=1S/C22H25N3O4S/c26-21-15-19(17-24(21)16-18-7-3-1-4-8-18)22(27)23-11-13-25(14-12-23)30(28,29)20-9-5-2-6-10-20/h1-10,19H,11-17H2/t19-/m0/s1. The number of carbonyl (C=O) groups is 2. The molecule has 2 aliphatic rings. The maximum absolute atomic E-state index is 12.9. The highest BCUT2D eigenvalue weighted by atomic mass is 32.2. The minimum Gasteiger partial charge on any atom is -0.340 e. The van der Waals surface area contributed by atoms with Crippen molar-refractivity contribution in [2.24, 2.45) is 5.92 Å². The van der Waals surface area contributed by atoms with Gasteiger partial charge in [0.15, 0.2) is 0 Å². The third kappa shape index (κ3) is 4.24. The Labute approximate surface area is 176 Å². The predicted molar refractivity (Wildman–Crippen MR) is 112 cm³/mol. The molecule has 2 aromatic rings. The van der Waals surface area contributed by atoms with Crippen molar-refractivity contribution in [3.8, 4) is 0 Å². The smallest absolute Gasteiger partial charge is 0.243 e. The monoisotopic (exact) mass is 427 g/mol. The maximum Gasteiger partial charge on any atom is 0.243 e. The topological polar surface area (TPSA) is 78.0 Å². The molecule has 30 heavy (non-hydrogen) atoms. The Morgan fingerprint density at radius 1 is 0.900 bits per heavy atom. The summed E-state index contributed by atoms with van der Waals surface area (Å²) in [6.07, 6.45) is 0.216. The molecule has 0 unspecified atom stereocenters. The largest absolute Gasteiger partial charge is 0.340 e. The lowest BCUT2D eigenvalue weighted by Crippen LogP contribution is -2.52. The van der Waals surface area contributed by atoms with Gasteiger partial charge in [-0.1, -0.05) is 48.5 Å². The van der Waals surface area contributed by atoms with E-state index in [4.69, 9.17) is 0 Å². The van der Waals surface area contributed by atoms with Crippen molar-refractivity contribution in [1.29, 1.82) is 0 Å². The Balaban J connectivity index is 1.34. The van der Waals surface area contributed by atoms with Crippen molar-refractivity contribution in [2.75, 3.05) is 32.7 Å². The van der Waals surface area contributed by atoms with Crippen molar-refractivity contribution >= 4 is 21.8 Å². The van der Waals surface area contributed by atoms with Gasteiger partial charge in [-0.25, -0.2) is 8.42 Å². The van der Waals surface area contributed by atoms with Crippen molar-refractivity contribution in [1.82, 2.24) is 14.1 Å². The summed E-state index contributed by atoms with van der Waals surface area (Å²) < 4.78 is 26.9. The number of piperazine rings is 1. The summed E-state index contributed by atoms with van der Waals surface area (Å²) in [5.41, 5.74) is 1.04. The van der Waals surface area contributed by atoms with E-state index in [9.17, 15) is 18.0 Å². The normalized spacial score (nSPS) is 20.5. The second-order valence-electron chi connectivity index (χ2n) is 7.70. The number of sulfonamides is 1. The molecule has 0 aliphatic carbocycles. The van der Waals surface area contributed by atoms with Crippen LogP contribution in [0.5, 0.6) is 0 Å². The molecule has 2 heterocycles. The van der Waals surface area contributed by atoms with Crippen LogP contribution in [0.2, 0.25) is 0 Å². The predicted octanol–water partition coefficient (Wildman–Crippen LogP) is 1.57. The van der Waals surface area contributed by atoms with Gasteiger partial charge in [-0.2, -0.15) is 4.31 Å². The SMILES string of the molecule is O=C1C[C@H](C(=O)N2CCN(S(=O)(=O)c3ccccc3)CC2)CN1Cc1ccccc1. The summed E-state index contributed by atoms with van der Waals surface area (Å²) in [5.74, 6) is -0.434. The van der Waals surface area contributed by atoms with Gasteiger partial charge in [-0.3, -0.25) is 9.59 Å². The van der Waals surface area contributed by atoms with E-state index in [1.165, 1.54) is 4.31 Å². The Kier molecular flexibility index (Phi) is 5.87. The van der Waals surface area contributed by atoms with Crippen LogP contribution in [0.3, 0.4) is 0 Å². The minimum absolute atomic E-state index is 0.0116. The summed E-state index contributed by atoms with van der Waals surface area (Å²) in [6, 6.07) is 18.1. The number of amides is 2. The Bertz CT molecular complexity index is 1000. The molecule has 2 amide bonds. The Morgan fingerprint density at radius 3 is 2.13 bits per heavy atom. The fourth-order valence-corrected chi connectivity index (χ4v) is 5.49. The molecule has 1 atom stereocenters. The third-order valence-corrected chi connectivity index (χ3v) is 7.62. The van der Waals surface area contributed by atoms with E-state index in [1.54, 1.807) is 40.1 Å². The van der Waals surface area contributed by atoms with Crippen molar-refractivity contribution < 1.29 is 18.0 Å². The van der Waals surface area contributed by atoms with E-state index < -0.39 is 10.0 Å². The highest BCUT2D eigenvalue weighted by Gasteiger charge is 2.38. The van der Waals surface area contributed by atoms with Crippen LogP contribution in [0, 0.1) is 5.92 Å². The third-order valence-electron chi connectivity index (χ3n) is 5.71. The number of hydrogen-bond acceptors (Lipinski definition) is 4. The first-order chi connectivity index (χ1) is 14.4. The van der Waals surface area contributed by atoms with Gasteiger partial charge < -0.3 is 9.80 Å². The summed E-state index contributed by atoms with van der Waals surface area (Å²) in [5, 5.41) is 0. The molecule has 2 saturated heterocycles. The zero-order chi connectivity index (χ0) is 21.1. The fourth-order valence-electron chi connectivity index (χ4n) is 4.04. The lowest BCUT2D eigenvalue weighted by atomic mass is 10.1. The first-order valence-corrected chi connectivity index (χ1v) is 11.5. The van der Waals surface area contributed by atoms with Gasteiger partial charge in [0.2, 0.25) is 21.8 Å². The van der Waals surface area contributed by atoms with Crippen LogP contribution < -0.4 is 0 Å². The molecule has 2 aromatic carbocycles. The van der Waals surface area contributed by atoms with Gasteiger partial charge >= 0.3 is 0 Å². The second-order valence-corrected chi connectivity index (χ2v) is 9.64. The van der Waals surface area contributed by atoms with Gasteiger partial charge in [-0.15, -0.1) is 0 Å². The van der Waals surface area contributed by atoms with Crippen LogP contribution in [-0.4, -0.2) is 67.1 Å². The number of benzene rings is 2. The van der Waals surface area contributed by atoms with E-state index in [0.29, 0.717) is 26.2 Å². The molecule has 7 nitrogen and oxygen atoms in total. The van der Waals surface area contributed by atoms with Crippen molar-refractivity contribution in [3.05, 3.63) is 66.2 Å². The molecule has 0 aromatic heterocycles. The minimum atomic E-state index is -3.55. The lowest BCUT2D eigenvalue weighted by Gasteiger charge is -2.35. The van der Waals surface area contributed by atoms with E-state index in [-0.39, 0.29) is 42.1 Å².